The topological polar surface area (TPSA) is 78.2 Å². The van der Waals surface area contributed by atoms with E-state index in [1.807, 2.05) is 10.7 Å². The third kappa shape index (κ3) is 10.7. The Morgan fingerprint density at radius 1 is 1.10 bits per heavy atom. The van der Waals surface area contributed by atoms with Crippen molar-refractivity contribution in [1.82, 2.24) is 14.6 Å². The monoisotopic (exact) mass is 690 g/mol. The molecule has 39 heavy (non-hydrogen) atoms. The Bertz CT molecular complexity index is 1130. The van der Waals surface area contributed by atoms with Crippen LogP contribution in [-0.4, -0.2) is 70.0 Å². The molecular weight excluding hydrogens is 639 g/mol. The van der Waals surface area contributed by atoms with Crippen LogP contribution in [0.2, 0.25) is 51.4 Å². The average molecular weight is 691 g/mol. The van der Waals surface area contributed by atoms with E-state index in [1.165, 1.54) is 0 Å². The Hall–Kier alpha value is -1.03. The molecule has 0 saturated heterocycles. The molecule has 1 aliphatic rings. The lowest BCUT2D eigenvalue weighted by Crippen LogP contribution is -2.33. The number of carbonyl (C=O) groups excluding carboxylic acids is 1. The number of hydrogen-bond donors (Lipinski definition) is 0. The minimum absolute atomic E-state index is 0.125. The number of nitrogens with zero attached hydrogens (tertiary/aromatic N) is 4. The summed E-state index contributed by atoms with van der Waals surface area (Å²) in [7, 11) is -2.44. The maximum Gasteiger partial charge on any atom is 0.306 e. The number of carbonyl (C=O) groups is 1. The van der Waals surface area contributed by atoms with Crippen LogP contribution in [0.3, 0.4) is 0 Å². The molecule has 1 aliphatic carbocycles. The van der Waals surface area contributed by atoms with Gasteiger partial charge in [0.1, 0.15) is 19.3 Å². The van der Waals surface area contributed by atoms with Crippen molar-refractivity contribution in [2.45, 2.75) is 96.3 Å². The first-order valence-corrected chi connectivity index (χ1v) is 22.7. The highest BCUT2D eigenvalue weighted by molar-refractivity contribution is 14.1. The van der Waals surface area contributed by atoms with Crippen molar-refractivity contribution in [3.05, 3.63) is 21.5 Å². The fourth-order valence-electron chi connectivity index (χ4n) is 4.43. The quantitative estimate of drug-likeness (QED) is 0.0656. The van der Waals surface area contributed by atoms with E-state index in [1.54, 1.807) is 6.92 Å². The molecule has 0 amide bonds. The van der Waals surface area contributed by atoms with Crippen LogP contribution in [0.5, 0.6) is 0 Å². The van der Waals surface area contributed by atoms with E-state index >= 15 is 0 Å². The zero-order valence-electron chi connectivity index (χ0n) is 26.9. The van der Waals surface area contributed by atoms with Gasteiger partial charge in [0.2, 0.25) is 0 Å². The molecule has 2 aromatic rings. The summed E-state index contributed by atoms with van der Waals surface area (Å²) < 4.78 is 37.5. The highest BCUT2D eigenvalue weighted by Gasteiger charge is 2.27. The molecule has 1 atom stereocenters. The molecule has 0 aliphatic heterocycles. The summed E-state index contributed by atoms with van der Waals surface area (Å²) in [6.07, 6.45) is 2.91. The van der Waals surface area contributed by atoms with E-state index < -0.39 is 34.4 Å². The highest BCUT2D eigenvalue weighted by atomic mass is 127. The summed E-state index contributed by atoms with van der Waals surface area (Å²) in [6, 6.07) is 4.27. The zero-order valence-corrected chi connectivity index (χ0v) is 29.0. The second-order valence-electron chi connectivity index (χ2n) is 12.8. The number of esters is 1. The third-order valence-electron chi connectivity index (χ3n) is 6.90. The number of hydrogen-bond acceptors (Lipinski definition) is 7. The molecule has 1 fully saturated rings. The molecule has 0 spiro atoms. The van der Waals surface area contributed by atoms with Crippen LogP contribution < -0.4 is 4.90 Å². The second-order valence-corrected chi connectivity index (χ2v) is 25.2. The summed E-state index contributed by atoms with van der Waals surface area (Å²) in [5.74, 6) is -0.738. The van der Waals surface area contributed by atoms with Crippen molar-refractivity contribution in [2.24, 2.45) is 5.89 Å². The van der Waals surface area contributed by atoms with Gasteiger partial charge in [-0.1, -0.05) is 39.3 Å². The van der Waals surface area contributed by atoms with Gasteiger partial charge >= 0.3 is 5.97 Å². The number of fused-ring (bicyclic) bond motifs is 1. The Morgan fingerprint density at radius 3 is 2.23 bits per heavy atom. The van der Waals surface area contributed by atoms with Crippen molar-refractivity contribution in [2.75, 3.05) is 38.2 Å². The van der Waals surface area contributed by atoms with Crippen molar-refractivity contribution in [3.63, 3.8) is 0 Å². The van der Waals surface area contributed by atoms with E-state index in [9.17, 15) is 4.79 Å². The van der Waals surface area contributed by atoms with Crippen molar-refractivity contribution < 1.29 is 21.7 Å². The number of anilines is 1. The molecule has 1 saturated carbocycles. The smallest absolute Gasteiger partial charge is 0.306 e. The second kappa shape index (κ2) is 14.7. The predicted octanol–water partition coefficient (Wildman–Crippen LogP) is 6.99. The van der Waals surface area contributed by atoms with Gasteiger partial charge in [0.25, 0.3) is 0 Å². The maximum atomic E-state index is 12.2. The number of aromatic nitrogens is 3. The van der Waals surface area contributed by atoms with E-state index in [0.717, 1.165) is 32.8 Å². The largest absolute Gasteiger partial charge is 0.466 e. The zero-order chi connectivity index (χ0) is 30.4. The third-order valence-corrected chi connectivity index (χ3v) is 11.1. The lowest BCUT2D eigenvalue weighted by Gasteiger charge is -2.30. The van der Waals surface area contributed by atoms with Crippen LogP contribution in [0.1, 0.15) is 53.4 Å². The Balaban J connectivity index is 1.84. The van der Waals surface area contributed by atoms with Gasteiger partial charge in [0.05, 0.1) is 16.4 Å². The van der Waals surface area contributed by atoms with Gasteiger partial charge in [-0.3, -0.25) is 4.79 Å². The molecule has 11 heteroatoms. The van der Waals surface area contributed by atoms with E-state index in [2.05, 4.69) is 77.9 Å². The summed E-state index contributed by atoms with van der Waals surface area (Å²) in [5, 5.41) is 4.64. The van der Waals surface area contributed by atoms with Gasteiger partial charge < -0.3 is 19.1 Å². The fraction of sp³-hybridized carbons (Fsp3) is 0.750. The minimum Gasteiger partial charge on any atom is -0.466 e. The summed E-state index contributed by atoms with van der Waals surface area (Å²) >= 11 is 2.27. The Kier molecular flexibility index (Phi) is 11.1. The standard InChI is InChI=1S/C28H49IN4O4Si2/c1-8-37-27(34)17-22-9-11-23(12-10-22)25-18-26(33-28(31-25)24(29)19-30-33)32(20-35-13-15-38(2,3)4)21-36-14-16-39(5,6)7/h18-19,22-23H,8-17,20-21H2,1-7H3/i17D,22D. The Morgan fingerprint density at radius 2 is 1.69 bits per heavy atom. The van der Waals surface area contributed by atoms with Gasteiger partial charge in [-0.15, -0.1) is 0 Å². The predicted molar refractivity (Wildman–Crippen MR) is 172 cm³/mol. The summed E-state index contributed by atoms with van der Waals surface area (Å²) in [4.78, 5) is 19.3. The van der Waals surface area contributed by atoms with Crippen LogP contribution in [0.15, 0.2) is 12.3 Å². The molecular formula is C28H49IN4O4Si2. The molecule has 0 bridgehead atoms. The average Bonchev–Trinajstić information content (AvgIpc) is 3.26. The summed E-state index contributed by atoms with van der Waals surface area (Å²) in [6.45, 7) is 18.3. The van der Waals surface area contributed by atoms with E-state index in [0.29, 0.717) is 52.4 Å². The number of ether oxygens (including phenoxy) is 3. The van der Waals surface area contributed by atoms with Crippen molar-refractivity contribution in [3.8, 4) is 0 Å². The lowest BCUT2D eigenvalue weighted by molar-refractivity contribution is -0.144. The van der Waals surface area contributed by atoms with Gasteiger partial charge in [-0.25, -0.2) is 4.98 Å². The molecule has 3 rings (SSSR count). The minimum atomic E-state index is -1.22. The Labute approximate surface area is 253 Å². The van der Waals surface area contributed by atoms with Crippen LogP contribution in [0.25, 0.3) is 5.65 Å². The molecule has 8 nitrogen and oxygen atoms in total. The molecule has 0 aromatic carbocycles. The molecule has 2 heterocycles. The first-order valence-electron chi connectivity index (χ1n) is 15.2. The molecule has 1 unspecified atom stereocenters. The van der Waals surface area contributed by atoms with Crippen molar-refractivity contribution >= 4 is 56.2 Å². The first-order chi connectivity index (χ1) is 19.1. The summed E-state index contributed by atoms with van der Waals surface area (Å²) in [5.41, 5.74) is 1.74. The highest BCUT2D eigenvalue weighted by Crippen LogP contribution is 2.38. The fourth-order valence-corrected chi connectivity index (χ4v) is 6.41. The van der Waals surface area contributed by atoms with Gasteiger partial charge in [-0.05, 0) is 73.2 Å². The molecule has 2 aromatic heterocycles. The van der Waals surface area contributed by atoms with Crippen LogP contribution in [0, 0.1) is 9.46 Å². The van der Waals surface area contributed by atoms with E-state index in [-0.39, 0.29) is 12.5 Å². The van der Waals surface area contributed by atoms with Gasteiger partial charge in [0.15, 0.2) is 5.65 Å². The van der Waals surface area contributed by atoms with Crippen LogP contribution in [0.4, 0.5) is 5.82 Å². The first kappa shape index (κ1) is 29.5. The molecule has 0 radical (unpaired) electrons. The van der Waals surface area contributed by atoms with Crippen LogP contribution >= 0.6 is 22.6 Å². The molecule has 0 N–H and O–H groups in total. The normalized spacial score (nSPS) is 21.9. The van der Waals surface area contributed by atoms with Gasteiger partial charge in [-0.2, -0.15) is 9.61 Å². The maximum absolute atomic E-state index is 12.2. The molecule has 220 valence electrons. The number of rotatable bonds is 15. The number of halogens is 1. The van der Waals surface area contributed by atoms with Crippen molar-refractivity contribution in [1.29, 1.82) is 0 Å². The lowest BCUT2D eigenvalue weighted by atomic mass is 9.79. The van der Waals surface area contributed by atoms with Gasteiger partial charge in [0, 0.05) is 56.2 Å². The van der Waals surface area contributed by atoms with E-state index in [4.69, 9.17) is 21.9 Å². The van der Waals surface area contributed by atoms with Crippen LogP contribution in [-0.2, 0) is 19.0 Å². The SMILES string of the molecule is [2H]C(C(=O)OCC)C1([2H])CCC(c2cc(N(COCC[Si](C)(C)C)COCC[Si](C)(C)C)n3ncc(I)c3n2)CC1.